The van der Waals surface area contributed by atoms with Crippen molar-refractivity contribution in [2.75, 3.05) is 0 Å². The van der Waals surface area contributed by atoms with Gasteiger partial charge >= 0.3 is 0 Å². The average molecular weight is 418 g/mol. The molecule has 0 aliphatic carbocycles. The predicted molar refractivity (Wildman–Crippen MR) is 93.1 cm³/mol. The van der Waals surface area contributed by atoms with Crippen molar-refractivity contribution >= 4 is 34.2 Å². The van der Waals surface area contributed by atoms with Crippen LogP contribution in [-0.2, 0) is 0 Å². The van der Waals surface area contributed by atoms with Crippen LogP contribution in [0.15, 0.2) is 48.5 Å². The van der Waals surface area contributed by atoms with Gasteiger partial charge in [-0.3, -0.25) is 5.32 Å². The molecule has 0 saturated heterocycles. The van der Waals surface area contributed by atoms with Crippen molar-refractivity contribution in [1.82, 2.24) is 5.32 Å². The summed E-state index contributed by atoms with van der Waals surface area (Å²) < 4.78 is 1.12. The lowest BCUT2D eigenvalue weighted by Gasteiger charge is -2.26. The zero-order valence-corrected chi connectivity index (χ0v) is 14.4. The van der Waals surface area contributed by atoms with Crippen LogP contribution in [0.4, 0.5) is 0 Å². The van der Waals surface area contributed by atoms with E-state index < -0.39 is 18.4 Å². The first kappa shape index (κ1) is 16.7. The molecule has 0 aliphatic rings. The number of aliphatic hydroxyl groups excluding tert-OH is 2. The normalized spacial score (nSPS) is 15.5. The van der Waals surface area contributed by atoms with Gasteiger partial charge in [-0.2, -0.15) is 0 Å². The number of halogens is 2. The fourth-order valence-corrected chi connectivity index (χ4v) is 2.64. The van der Waals surface area contributed by atoms with Crippen molar-refractivity contribution in [3.8, 4) is 0 Å². The first-order chi connectivity index (χ1) is 9.97. The Balaban J connectivity index is 2.30. The van der Waals surface area contributed by atoms with E-state index in [1.165, 1.54) is 0 Å². The Morgan fingerprint density at radius 1 is 0.952 bits per heavy atom. The van der Waals surface area contributed by atoms with Crippen molar-refractivity contribution in [3.05, 3.63) is 68.3 Å². The predicted octanol–water partition coefficient (Wildman–Crippen LogP) is 3.65. The molecule has 3 atom stereocenters. The maximum Gasteiger partial charge on any atom is 0.102 e. The molecule has 0 saturated carbocycles. The molecule has 0 bridgehead atoms. The second kappa shape index (κ2) is 7.56. The van der Waals surface area contributed by atoms with Crippen LogP contribution in [0.2, 0.25) is 5.02 Å². The summed E-state index contributed by atoms with van der Waals surface area (Å²) in [5.41, 5.74) is 1.66. The van der Waals surface area contributed by atoms with E-state index in [9.17, 15) is 10.2 Å². The highest BCUT2D eigenvalue weighted by Crippen LogP contribution is 2.30. The third-order valence-electron chi connectivity index (χ3n) is 3.18. The van der Waals surface area contributed by atoms with Gasteiger partial charge in [-0.1, -0.05) is 35.9 Å². The molecule has 2 rings (SSSR count). The van der Waals surface area contributed by atoms with Crippen LogP contribution in [0.3, 0.4) is 0 Å². The number of benzene rings is 2. The third-order valence-corrected chi connectivity index (χ3v) is 4.15. The summed E-state index contributed by atoms with van der Waals surface area (Å²) in [5.74, 6) is 0. The topological polar surface area (TPSA) is 52.5 Å². The Hall–Kier alpha value is -0.660. The van der Waals surface area contributed by atoms with Crippen LogP contribution >= 0.6 is 34.2 Å². The van der Waals surface area contributed by atoms with Gasteiger partial charge in [0.1, 0.15) is 6.23 Å². The zero-order chi connectivity index (χ0) is 15.4. The van der Waals surface area contributed by atoms with Crippen molar-refractivity contribution in [3.63, 3.8) is 0 Å². The Labute approximate surface area is 143 Å². The van der Waals surface area contributed by atoms with Gasteiger partial charge in [-0.15, -0.1) is 0 Å². The number of aliphatic hydroxyl groups is 2. The molecule has 2 aromatic carbocycles. The van der Waals surface area contributed by atoms with Gasteiger partial charge in [-0.25, -0.2) is 0 Å². The molecular formula is C16H17ClINO2. The maximum absolute atomic E-state index is 10.6. The third kappa shape index (κ3) is 4.66. The smallest absolute Gasteiger partial charge is 0.102 e. The van der Waals surface area contributed by atoms with Gasteiger partial charge in [0.15, 0.2) is 0 Å². The van der Waals surface area contributed by atoms with Crippen LogP contribution in [-0.4, -0.2) is 16.4 Å². The second-order valence-corrected chi connectivity index (χ2v) is 6.55. The van der Waals surface area contributed by atoms with E-state index in [1.54, 1.807) is 31.2 Å². The van der Waals surface area contributed by atoms with E-state index in [1.807, 2.05) is 24.3 Å². The standard InChI is InChI=1S/C16H17ClINO2/c1-10(20)19-15(11-4-8-14(18)9-5-11)16(21)12-2-6-13(17)7-3-12/h2-10,15-16,19-21H,1H3. The van der Waals surface area contributed by atoms with E-state index in [2.05, 4.69) is 27.9 Å². The minimum atomic E-state index is -0.781. The van der Waals surface area contributed by atoms with Gasteiger partial charge in [0, 0.05) is 8.59 Å². The van der Waals surface area contributed by atoms with Crippen LogP contribution in [0.5, 0.6) is 0 Å². The molecular weight excluding hydrogens is 401 g/mol. The molecule has 3 N–H and O–H groups in total. The van der Waals surface area contributed by atoms with E-state index in [-0.39, 0.29) is 0 Å². The lowest BCUT2D eigenvalue weighted by atomic mass is 9.95. The summed E-state index contributed by atoms with van der Waals surface area (Å²) in [6.07, 6.45) is -1.51. The van der Waals surface area contributed by atoms with Crippen molar-refractivity contribution in [1.29, 1.82) is 0 Å². The second-order valence-electron chi connectivity index (χ2n) is 4.87. The Morgan fingerprint density at radius 3 is 2.00 bits per heavy atom. The monoisotopic (exact) mass is 417 g/mol. The summed E-state index contributed by atoms with van der Waals surface area (Å²) in [7, 11) is 0. The Kier molecular flexibility index (Phi) is 6.01. The highest BCUT2D eigenvalue weighted by atomic mass is 127. The fraction of sp³-hybridized carbons (Fsp3) is 0.250. The molecule has 5 heteroatoms. The van der Waals surface area contributed by atoms with Crippen LogP contribution in [0.1, 0.15) is 30.2 Å². The van der Waals surface area contributed by atoms with Crippen LogP contribution in [0, 0.1) is 3.57 Å². The van der Waals surface area contributed by atoms with Crippen molar-refractivity contribution in [2.45, 2.75) is 25.3 Å². The summed E-state index contributed by atoms with van der Waals surface area (Å²) in [5, 5.41) is 23.9. The number of rotatable bonds is 5. The largest absolute Gasteiger partial charge is 0.386 e. The van der Waals surface area contributed by atoms with Gasteiger partial charge in [-0.05, 0) is 64.9 Å². The van der Waals surface area contributed by atoms with Gasteiger partial charge in [0.2, 0.25) is 0 Å². The fourth-order valence-electron chi connectivity index (χ4n) is 2.15. The molecule has 2 aromatic rings. The Bertz CT molecular complexity index is 572. The minimum absolute atomic E-state index is 0.400. The molecule has 0 spiro atoms. The summed E-state index contributed by atoms with van der Waals surface area (Å²) in [4.78, 5) is 0. The van der Waals surface area contributed by atoms with Gasteiger partial charge in [0.05, 0.1) is 12.1 Å². The van der Waals surface area contributed by atoms with E-state index in [4.69, 9.17) is 11.6 Å². The van der Waals surface area contributed by atoms with E-state index in [0.29, 0.717) is 5.02 Å². The molecule has 0 fully saturated rings. The number of hydrogen-bond donors (Lipinski definition) is 3. The maximum atomic E-state index is 10.6. The lowest BCUT2D eigenvalue weighted by Crippen LogP contribution is -2.34. The van der Waals surface area contributed by atoms with Gasteiger partial charge < -0.3 is 10.2 Å². The SMILES string of the molecule is CC(O)NC(c1ccc(I)cc1)C(O)c1ccc(Cl)cc1. The molecule has 0 heterocycles. The highest BCUT2D eigenvalue weighted by molar-refractivity contribution is 14.1. The van der Waals surface area contributed by atoms with Crippen molar-refractivity contribution < 1.29 is 10.2 Å². The molecule has 3 unspecified atom stereocenters. The molecule has 0 radical (unpaired) electrons. The Morgan fingerprint density at radius 2 is 1.48 bits per heavy atom. The zero-order valence-electron chi connectivity index (χ0n) is 11.5. The lowest BCUT2D eigenvalue weighted by molar-refractivity contribution is 0.0733. The van der Waals surface area contributed by atoms with Crippen LogP contribution < -0.4 is 5.32 Å². The molecule has 0 amide bonds. The summed E-state index contributed by atoms with van der Waals surface area (Å²) in [6, 6.07) is 14.5. The summed E-state index contributed by atoms with van der Waals surface area (Å²) >= 11 is 8.11. The number of nitrogens with one attached hydrogen (secondary N) is 1. The van der Waals surface area contributed by atoms with E-state index in [0.717, 1.165) is 14.7 Å². The average Bonchev–Trinajstić information content (AvgIpc) is 2.46. The molecule has 21 heavy (non-hydrogen) atoms. The minimum Gasteiger partial charge on any atom is -0.386 e. The molecule has 112 valence electrons. The first-order valence-electron chi connectivity index (χ1n) is 6.60. The quantitative estimate of drug-likeness (QED) is 0.514. The first-order valence-corrected chi connectivity index (χ1v) is 8.06. The number of hydrogen-bond acceptors (Lipinski definition) is 3. The highest BCUT2D eigenvalue weighted by Gasteiger charge is 2.23. The molecule has 0 aliphatic heterocycles. The van der Waals surface area contributed by atoms with Crippen molar-refractivity contribution in [2.24, 2.45) is 0 Å². The summed E-state index contributed by atoms with van der Waals surface area (Å²) in [6.45, 7) is 1.63. The van der Waals surface area contributed by atoms with Crippen LogP contribution in [0.25, 0.3) is 0 Å². The molecule has 3 nitrogen and oxygen atoms in total. The molecule has 0 aromatic heterocycles. The van der Waals surface area contributed by atoms with E-state index >= 15 is 0 Å². The van der Waals surface area contributed by atoms with Gasteiger partial charge in [0.25, 0.3) is 0 Å².